The van der Waals surface area contributed by atoms with Crippen LogP contribution in [0.2, 0.25) is 0 Å². The quantitative estimate of drug-likeness (QED) is 0.388. The maximum atomic E-state index is 14.2. The highest BCUT2D eigenvalue weighted by Gasteiger charge is 2.25. The van der Waals surface area contributed by atoms with E-state index >= 15 is 0 Å². The first-order valence-corrected chi connectivity index (χ1v) is 7.49. The topological polar surface area (TPSA) is 61.8 Å². The van der Waals surface area contributed by atoms with Gasteiger partial charge in [0.25, 0.3) is 0 Å². The fraction of sp³-hybridized carbons (Fsp3) is 0.562. The average molecular weight is 293 g/mol. The lowest BCUT2D eigenvalue weighted by Crippen LogP contribution is -2.38. The van der Waals surface area contributed by atoms with Gasteiger partial charge in [0, 0.05) is 23.7 Å². The van der Waals surface area contributed by atoms with Gasteiger partial charge in [0.2, 0.25) is 0 Å². The van der Waals surface area contributed by atoms with E-state index in [1.807, 2.05) is 0 Å². The average Bonchev–Trinajstić information content (AvgIpc) is 2.48. The Labute approximate surface area is 125 Å². The maximum absolute atomic E-state index is 14.2. The van der Waals surface area contributed by atoms with E-state index in [1.165, 1.54) is 31.7 Å². The Balaban J connectivity index is 2.08. The van der Waals surface area contributed by atoms with Crippen molar-refractivity contribution in [3.05, 3.63) is 35.1 Å². The zero-order chi connectivity index (χ0) is 15.4. The predicted octanol–water partition coefficient (Wildman–Crippen LogP) is 2.93. The van der Waals surface area contributed by atoms with Gasteiger partial charge >= 0.3 is 0 Å². The van der Waals surface area contributed by atoms with Crippen LogP contribution in [0.4, 0.5) is 4.39 Å². The highest BCUT2D eigenvalue weighted by atomic mass is 19.1. The van der Waals surface area contributed by atoms with Gasteiger partial charge in [-0.1, -0.05) is 37.1 Å². The summed E-state index contributed by atoms with van der Waals surface area (Å²) in [6.07, 6.45) is 4.99. The largest absolute Gasteiger partial charge is 0.409 e. The SMILES string of the molecule is CC1CCCCC1N(C)Cc1ccc(C(N)=NO)cc1F. The molecular weight excluding hydrogens is 269 g/mol. The van der Waals surface area contributed by atoms with Crippen molar-refractivity contribution in [2.75, 3.05) is 7.05 Å². The van der Waals surface area contributed by atoms with Gasteiger partial charge in [-0.15, -0.1) is 0 Å². The zero-order valence-electron chi connectivity index (χ0n) is 12.7. The lowest BCUT2D eigenvalue weighted by molar-refractivity contribution is 0.132. The number of rotatable bonds is 4. The van der Waals surface area contributed by atoms with Crippen LogP contribution in [0.3, 0.4) is 0 Å². The van der Waals surface area contributed by atoms with Crippen molar-refractivity contribution >= 4 is 5.84 Å². The van der Waals surface area contributed by atoms with Crippen LogP contribution in [0, 0.1) is 11.7 Å². The van der Waals surface area contributed by atoms with Gasteiger partial charge in [0.1, 0.15) is 5.82 Å². The summed E-state index contributed by atoms with van der Waals surface area (Å²) in [6.45, 7) is 2.86. The molecule has 0 radical (unpaired) electrons. The van der Waals surface area contributed by atoms with Crippen LogP contribution in [-0.2, 0) is 6.54 Å². The summed E-state index contributed by atoms with van der Waals surface area (Å²) in [6, 6.07) is 5.24. The molecule has 2 rings (SSSR count). The van der Waals surface area contributed by atoms with E-state index in [4.69, 9.17) is 10.9 Å². The van der Waals surface area contributed by atoms with Gasteiger partial charge in [-0.2, -0.15) is 0 Å². The highest BCUT2D eigenvalue weighted by molar-refractivity contribution is 5.97. The molecule has 2 atom stereocenters. The molecule has 4 nitrogen and oxygen atoms in total. The van der Waals surface area contributed by atoms with Crippen molar-refractivity contribution in [2.24, 2.45) is 16.8 Å². The highest BCUT2D eigenvalue weighted by Crippen LogP contribution is 2.28. The molecule has 1 aliphatic carbocycles. The number of benzene rings is 1. The number of nitrogens with zero attached hydrogens (tertiary/aromatic N) is 2. The van der Waals surface area contributed by atoms with Gasteiger partial charge < -0.3 is 10.9 Å². The number of hydrogen-bond acceptors (Lipinski definition) is 3. The molecule has 1 aromatic carbocycles. The third-order valence-electron chi connectivity index (χ3n) is 4.51. The summed E-state index contributed by atoms with van der Waals surface area (Å²) in [5.74, 6) is 0.271. The monoisotopic (exact) mass is 293 g/mol. The fourth-order valence-electron chi connectivity index (χ4n) is 3.23. The first-order valence-electron chi connectivity index (χ1n) is 7.49. The molecule has 3 N–H and O–H groups in total. The molecule has 0 amide bonds. The molecule has 0 spiro atoms. The Kier molecular flexibility index (Phi) is 5.17. The summed E-state index contributed by atoms with van der Waals surface area (Å²) in [5, 5.41) is 11.5. The molecule has 0 saturated heterocycles. The van der Waals surface area contributed by atoms with Crippen LogP contribution < -0.4 is 5.73 Å². The van der Waals surface area contributed by atoms with Crippen molar-refractivity contribution in [1.29, 1.82) is 0 Å². The molecule has 0 aromatic heterocycles. The minimum Gasteiger partial charge on any atom is -0.409 e. The van der Waals surface area contributed by atoms with E-state index in [0.717, 1.165) is 0 Å². The van der Waals surface area contributed by atoms with E-state index in [-0.39, 0.29) is 11.7 Å². The second kappa shape index (κ2) is 6.89. The molecule has 2 unspecified atom stereocenters. The van der Waals surface area contributed by atoms with E-state index in [9.17, 15) is 4.39 Å². The Hall–Kier alpha value is -1.62. The molecule has 0 bridgehead atoms. The van der Waals surface area contributed by atoms with E-state index in [2.05, 4.69) is 24.0 Å². The molecule has 5 heteroatoms. The normalized spacial score (nSPS) is 23.5. The smallest absolute Gasteiger partial charge is 0.170 e. The Morgan fingerprint density at radius 2 is 2.14 bits per heavy atom. The van der Waals surface area contributed by atoms with Gasteiger partial charge in [-0.3, -0.25) is 4.90 Å². The van der Waals surface area contributed by atoms with Crippen LogP contribution in [0.15, 0.2) is 23.4 Å². The van der Waals surface area contributed by atoms with Crippen LogP contribution >= 0.6 is 0 Å². The van der Waals surface area contributed by atoms with Crippen molar-refractivity contribution < 1.29 is 9.60 Å². The Bertz CT molecular complexity index is 518. The summed E-state index contributed by atoms with van der Waals surface area (Å²) in [5.41, 5.74) is 6.51. The third-order valence-corrected chi connectivity index (χ3v) is 4.51. The van der Waals surface area contributed by atoms with E-state index in [1.54, 1.807) is 12.1 Å². The molecule has 1 aliphatic rings. The van der Waals surface area contributed by atoms with Crippen molar-refractivity contribution in [3.8, 4) is 0 Å². The molecule has 1 fully saturated rings. The lowest BCUT2D eigenvalue weighted by atomic mass is 9.85. The lowest BCUT2D eigenvalue weighted by Gasteiger charge is -2.36. The second-order valence-electron chi connectivity index (χ2n) is 6.04. The van der Waals surface area contributed by atoms with Crippen molar-refractivity contribution in [3.63, 3.8) is 0 Å². The molecule has 1 aromatic rings. The van der Waals surface area contributed by atoms with Crippen LogP contribution in [0.25, 0.3) is 0 Å². The van der Waals surface area contributed by atoms with Crippen LogP contribution in [-0.4, -0.2) is 29.0 Å². The predicted molar refractivity (Wildman–Crippen MR) is 81.8 cm³/mol. The molecule has 1 saturated carbocycles. The molecule has 116 valence electrons. The summed E-state index contributed by atoms with van der Waals surface area (Å²) >= 11 is 0. The Morgan fingerprint density at radius 3 is 2.76 bits per heavy atom. The number of hydrogen-bond donors (Lipinski definition) is 2. The summed E-state index contributed by atoms with van der Waals surface area (Å²) < 4.78 is 14.2. The van der Waals surface area contributed by atoms with Crippen molar-refractivity contribution in [1.82, 2.24) is 4.90 Å². The minimum atomic E-state index is -0.311. The van der Waals surface area contributed by atoms with Crippen LogP contribution in [0.1, 0.15) is 43.7 Å². The third kappa shape index (κ3) is 3.73. The number of amidine groups is 1. The number of nitrogens with two attached hydrogens (primary N) is 1. The molecule has 0 heterocycles. The first kappa shape index (κ1) is 15.8. The molecule has 0 aliphatic heterocycles. The summed E-state index contributed by atoms with van der Waals surface area (Å²) in [4.78, 5) is 2.24. The summed E-state index contributed by atoms with van der Waals surface area (Å²) in [7, 11) is 2.06. The van der Waals surface area contributed by atoms with Gasteiger partial charge in [0.15, 0.2) is 5.84 Å². The fourth-order valence-corrected chi connectivity index (χ4v) is 3.23. The second-order valence-corrected chi connectivity index (χ2v) is 6.04. The van der Waals surface area contributed by atoms with Gasteiger partial charge in [-0.05, 0) is 31.9 Å². The van der Waals surface area contributed by atoms with Gasteiger partial charge in [-0.25, -0.2) is 4.39 Å². The molecular formula is C16H24FN3O. The van der Waals surface area contributed by atoms with Crippen molar-refractivity contribution in [2.45, 2.75) is 45.2 Å². The first-order chi connectivity index (χ1) is 10.0. The number of oxime groups is 1. The van der Waals surface area contributed by atoms with Crippen LogP contribution in [0.5, 0.6) is 0 Å². The van der Waals surface area contributed by atoms with Gasteiger partial charge in [0.05, 0.1) is 0 Å². The van der Waals surface area contributed by atoms with E-state index < -0.39 is 0 Å². The zero-order valence-corrected chi connectivity index (χ0v) is 12.7. The minimum absolute atomic E-state index is 0.0743. The number of halogens is 1. The Morgan fingerprint density at radius 1 is 1.43 bits per heavy atom. The standard InChI is InChI=1S/C16H24FN3O/c1-11-5-3-4-6-15(11)20(2)10-13-8-7-12(9-14(13)17)16(18)19-21/h7-9,11,15,21H,3-6,10H2,1-2H3,(H2,18,19). The maximum Gasteiger partial charge on any atom is 0.170 e. The molecule has 21 heavy (non-hydrogen) atoms. The van der Waals surface area contributed by atoms with E-state index in [0.29, 0.717) is 29.6 Å².